The molecule has 1 aromatic heterocycles. The molecule has 414 valence electrons. The molecule has 1 saturated heterocycles. The molecule has 1 fully saturated rings. The maximum atomic E-state index is 15.9. The number of Topliss-reactive ketones (excluding diaryl/α,β-unsaturated/α-hetero) is 1. The summed E-state index contributed by atoms with van der Waals surface area (Å²) >= 11 is 0. The number of carbonyl (C=O) groups is 9. The van der Waals surface area contributed by atoms with Gasteiger partial charge in [0.2, 0.25) is 58.8 Å². The van der Waals surface area contributed by atoms with Gasteiger partial charge in [-0.2, -0.15) is 0 Å². The summed E-state index contributed by atoms with van der Waals surface area (Å²) in [6.07, 6.45) is -2.34. The maximum Gasteiger partial charge on any atom is 0.244 e. The largest absolute Gasteiger partial charge is 0.465 e. The minimum Gasteiger partial charge on any atom is -0.465 e. The van der Waals surface area contributed by atoms with Crippen molar-refractivity contribution in [1.82, 2.24) is 52.4 Å². The van der Waals surface area contributed by atoms with Crippen molar-refractivity contribution in [3.8, 4) is 5.75 Å². The molecule has 0 spiro atoms. The fourth-order valence-electron chi connectivity index (χ4n) is 9.99. The second kappa shape index (κ2) is 25.7. The molecule has 0 saturated carbocycles. The fourth-order valence-corrected chi connectivity index (χ4v) is 11.4. The lowest BCUT2D eigenvalue weighted by atomic mass is 9.89. The van der Waals surface area contributed by atoms with Gasteiger partial charge < -0.3 is 73.3 Å². The van der Waals surface area contributed by atoms with Gasteiger partial charge in [0.25, 0.3) is 0 Å². The zero-order chi connectivity index (χ0) is 54.9. The Morgan fingerprint density at radius 1 is 0.867 bits per heavy atom. The number of H-pyrrole nitrogens is 1. The number of ketones is 1. The van der Waals surface area contributed by atoms with E-state index in [9.17, 15) is 53.1 Å². The third-order valence-electron chi connectivity index (χ3n) is 14.4. The number of hydrogen-bond acceptors (Lipinski definition) is 16. The minimum atomic E-state index is -2.35. The molecule has 6 heterocycles. The number of nitrogens with zero attached hydrogens (tertiary/aromatic N) is 1. The first kappa shape index (κ1) is 58.2. The Hall–Kier alpha value is -6.06. The van der Waals surface area contributed by atoms with Gasteiger partial charge in [-0.25, -0.2) is 4.90 Å². The van der Waals surface area contributed by atoms with Crippen molar-refractivity contribution in [2.45, 2.75) is 158 Å². The van der Waals surface area contributed by atoms with E-state index in [1.807, 2.05) is 13.8 Å². The lowest BCUT2D eigenvalue weighted by molar-refractivity contribution is -0.166. The van der Waals surface area contributed by atoms with Crippen molar-refractivity contribution in [1.29, 1.82) is 0 Å². The Balaban J connectivity index is 1.64. The highest BCUT2D eigenvalue weighted by atomic mass is 32.2. The van der Waals surface area contributed by atoms with E-state index >= 15 is 9.59 Å². The van der Waals surface area contributed by atoms with Gasteiger partial charge in [-0.3, -0.25) is 47.4 Å². The normalized spacial score (nSPS) is 28.9. The minimum absolute atomic E-state index is 0.00412. The van der Waals surface area contributed by atoms with Crippen LogP contribution in [0.3, 0.4) is 0 Å². The van der Waals surface area contributed by atoms with Crippen LogP contribution in [0.1, 0.15) is 91.5 Å². The first-order valence-corrected chi connectivity index (χ1v) is 27.0. The molecule has 5 aliphatic heterocycles. The summed E-state index contributed by atoms with van der Waals surface area (Å²) < 4.78 is 21.8. The second-order valence-corrected chi connectivity index (χ2v) is 21.7. The van der Waals surface area contributed by atoms with Gasteiger partial charge in [-0.1, -0.05) is 53.9 Å². The van der Waals surface area contributed by atoms with Crippen molar-refractivity contribution >= 4 is 74.7 Å². The van der Waals surface area contributed by atoms with E-state index in [-0.39, 0.29) is 47.2 Å². The van der Waals surface area contributed by atoms with Gasteiger partial charge in [-0.15, -0.1) is 0 Å². The van der Waals surface area contributed by atoms with Crippen LogP contribution in [0.5, 0.6) is 5.75 Å². The van der Waals surface area contributed by atoms with E-state index in [1.54, 1.807) is 19.9 Å². The quantitative estimate of drug-likeness (QED) is 0.0769. The number of aliphatic hydroxyl groups is 3. The van der Waals surface area contributed by atoms with Crippen LogP contribution >= 0.6 is 0 Å². The summed E-state index contributed by atoms with van der Waals surface area (Å²) in [6, 6.07) is -5.09. The standard InChI is InChI=1S/C49H73N11O14S/c1-6-25(4)40-46(71)53-19-38(65)54-34-23-75(73)48-30-17-33(43(68)52-20-39(66)58-40)56-47(72)41(26(5)36(63)22-61)59-45(70)35-15-27(62)21-60(35)49(13-9-7-8-10-14-51-24(2)3,42(67)32(18-37(50)64)55-44(34)69)74-28-11-12-29(30)31(16-28)57-48/h11-12,16,24-27,32-36,40-41,51,57,61-63H,6-10,13-15,17-23H2,1-5H3,(H2,50,64)(H,52,68)(H,53,71)(H,54,65)(H,55,69)(H,56,72)(H,58,66)(H,59,70)/t25-,26-,27?,32-,33?,34?,35-,36-,40-,41-,49?,75+/m0/s1. The number of amides is 8. The van der Waals surface area contributed by atoms with Crippen LogP contribution in [0.4, 0.5) is 0 Å². The van der Waals surface area contributed by atoms with E-state index in [1.165, 1.54) is 24.0 Å². The van der Waals surface area contributed by atoms with Crippen LogP contribution in [0, 0.1) is 11.8 Å². The van der Waals surface area contributed by atoms with Gasteiger partial charge in [0.1, 0.15) is 41.0 Å². The van der Waals surface area contributed by atoms with Crippen LogP contribution in [0.2, 0.25) is 0 Å². The van der Waals surface area contributed by atoms with Gasteiger partial charge in [0.05, 0.1) is 66.4 Å². The lowest BCUT2D eigenvalue weighted by Gasteiger charge is -2.45. The number of fused-ring (bicyclic) bond motifs is 7. The number of ether oxygens (including phenoxy) is 1. The number of aliphatic hydroxyl groups excluding tert-OH is 3. The first-order valence-electron chi connectivity index (χ1n) is 25.6. The zero-order valence-electron chi connectivity index (χ0n) is 43.0. The number of rotatable bonds is 15. The average molecular weight is 1070 g/mol. The Kier molecular flexibility index (Phi) is 19.9. The number of hydrogen-bond donors (Lipinski definition) is 13. The Labute approximate surface area is 436 Å². The van der Waals surface area contributed by atoms with E-state index in [4.69, 9.17) is 10.5 Å². The number of aromatic amines is 1. The summed E-state index contributed by atoms with van der Waals surface area (Å²) in [5, 5.41) is 54.1. The van der Waals surface area contributed by atoms with E-state index < -0.39 is 175 Å². The van der Waals surface area contributed by atoms with E-state index in [0.29, 0.717) is 31.2 Å². The van der Waals surface area contributed by atoms with Crippen molar-refractivity contribution < 1.29 is 67.4 Å². The topological polar surface area (TPSA) is 382 Å². The lowest BCUT2D eigenvalue weighted by Crippen LogP contribution is -2.68. The number of nitrogens with one attached hydrogen (secondary N) is 9. The summed E-state index contributed by atoms with van der Waals surface area (Å²) in [5.41, 5.74) is 3.82. The number of aromatic nitrogens is 1. The molecule has 2 aromatic rings. The average Bonchev–Trinajstić information content (AvgIpc) is 3.94. The molecule has 5 aliphatic rings. The monoisotopic (exact) mass is 1070 g/mol. The maximum absolute atomic E-state index is 15.9. The predicted molar refractivity (Wildman–Crippen MR) is 270 cm³/mol. The molecule has 25 nitrogen and oxygen atoms in total. The molecule has 1 aromatic carbocycles. The highest BCUT2D eigenvalue weighted by Crippen LogP contribution is 2.39. The van der Waals surface area contributed by atoms with Crippen molar-refractivity contribution in [2.75, 3.05) is 38.5 Å². The van der Waals surface area contributed by atoms with Crippen LogP contribution in [-0.4, -0.2) is 181 Å². The SMILES string of the molecule is CC[C@H](C)[C@@H]1NC(=O)CNC(=O)C2Cc3c4[nH]c5cc(ccc35)OC(CCCCCCNC(C)C)(C(=O)[C@H](CC(N)=O)NC(=O)C(C[S@]4=O)NC(=O)CNC1=O)N1CC(O)C[C@H]1C(=O)N[C@@H]([C@@H](C)[C@@H](O)CO)C(=O)N2. The molecule has 0 radical (unpaired) electrons. The summed E-state index contributed by atoms with van der Waals surface area (Å²) in [5.74, 6) is -11.3. The molecule has 0 aliphatic carbocycles. The first-order chi connectivity index (χ1) is 35.6. The molecule has 12 atom stereocenters. The van der Waals surface area contributed by atoms with Gasteiger partial charge >= 0.3 is 0 Å². The predicted octanol–water partition coefficient (Wildman–Crippen LogP) is -3.55. The van der Waals surface area contributed by atoms with E-state index in [2.05, 4.69) is 47.5 Å². The second-order valence-electron chi connectivity index (χ2n) is 20.3. The number of primary amides is 1. The van der Waals surface area contributed by atoms with Crippen LogP contribution in [0.25, 0.3) is 10.9 Å². The highest BCUT2D eigenvalue weighted by molar-refractivity contribution is 7.85. The molecule has 26 heteroatoms. The van der Waals surface area contributed by atoms with Crippen molar-refractivity contribution in [2.24, 2.45) is 17.6 Å². The molecule has 8 bridgehead atoms. The Morgan fingerprint density at radius 3 is 2.24 bits per heavy atom. The molecule has 7 rings (SSSR count). The van der Waals surface area contributed by atoms with E-state index in [0.717, 1.165) is 6.42 Å². The third kappa shape index (κ3) is 14.1. The molecule has 8 amide bonds. The molecule has 4 unspecified atom stereocenters. The van der Waals surface area contributed by atoms with Crippen molar-refractivity contribution in [3.05, 3.63) is 23.8 Å². The summed E-state index contributed by atoms with van der Waals surface area (Å²) in [7, 11) is -2.35. The third-order valence-corrected chi connectivity index (χ3v) is 15.8. The number of benzene rings is 1. The number of unbranched alkanes of at least 4 members (excludes halogenated alkanes) is 3. The Bertz CT molecular complexity index is 2510. The number of nitrogens with two attached hydrogens (primary N) is 1. The van der Waals surface area contributed by atoms with Crippen LogP contribution in [0.15, 0.2) is 23.2 Å². The fraction of sp³-hybridized carbons (Fsp3) is 0.653. The summed E-state index contributed by atoms with van der Waals surface area (Å²) in [4.78, 5) is 133. The smallest absolute Gasteiger partial charge is 0.244 e. The Morgan fingerprint density at radius 2 is 1.56 bits per heavy atom. The van der Waals surface area contributed by atoms with Gasteiger partial charge in [0.15, 0.2) is 0 Å². The van der Waals surface area contributed by atoms with Crippen LogP contribution in [-0.2, 0) is 60.4 Å². The van der Waals surface area contributed by atoms with Gasteiger partial charge in [0, 0.05) is 42.8 Å². The summed E-state index contributed by atoms with van der Waals surface area (Å²) in [6.45, 7) is 6.74. The van der Waals surface area contributed by atoms with Crippen molar-refractivity contribution in [3.63, 3.8) is 0 Å². The highest BCUT2D eigenvalue weighted by Gasteiger charge is 2.57. The van der Waals surface area contributed by atoms with Crippen LogP contribution < -0.4 is 53.0 Å². The molecule has 14 N–H and O–H groups in total. The molecular weight excluding hydrogens is 999 g/mol. The zero-order valence-corrected chi connectivity index (χ0v) is 43.8. The van der Waals surface area contributed by atoms with Gasteiger partial charge in [-0.05, 0) is 49.4 Å². The number of carbonyl (C=O) groups excluding carboxylic acids is 9. The molecule has 75 heavy (non-hydrogen) atoms. The molecular formula is C49H73N11O14S.